The van der Waals surface area contributed by atoms with Crippen LogP contribution in [0.2, 0.25) is 0 Å². The van der Waals surface area contributed by atoms with Crippen molar-refractivity contribution < 1.29 is 54.0 Å². The number of methoxy groups -OCH3 is 1. The fourth-order valence-electron chi connectivity index (χ4n) is 14.1. The summed E-state index contributed by atoms with van der Waals surface area (Å²) in [5, 5.41) is 65.4. The van der Waals surface area contributed by atoms with Crippen molar-refractivity contribution in [1.29, 1.82) is 0 Å². The van der Waals surface area contributed by atoms with Gasteiger partial charge in [-0.25, -0.2) is 0 Å². The maximum absolute atomic E-state index is 14.8. The minimum Gasteiger partial charge on any atom is -0.388 e. The molecule has 3 heterocycles. The van der Waals surface area contributed by atoms with Crippen LogP contribution in [-0.2, 0) is 28.5 Å². The number of carbonyl (C=O) groups excluding carboxylic acids is 1. The summed E-state index contributed by atoms with van der Waals surface area (Å²) in [5.74, 6) is -2.98. The van der Waals surface area contributed by atoms with Crippen LogP contribution in [0.25, 0.3) is 0 Å². The Morgan fingerprint density at radius 2 is 1.26 bits per heavy atom. The average Bonchev–Trinajstić information content (AvgIpc) is 3.54. The van der Waals surface area contributed by atoms with Gasteiger partial charge in [0, 0.05) is 25.5 Å². The molecular weight excluding hydrogens is 1000 g/mol. The number of ether oxygens (including phenoxy) is 5. The van der Waals surface area contributed by atoms with Crippen molar-refractivity contribution in [3.05, 3.63) is 91.0 Å². The quantitative estimate of drug-likeness (QED) is 0.0445. The van der Waals surface area contributed by atoms with Crippen molar-refractivity contribution in [2.45, 2.75) is 224 Å². The molecule has 0 aliphatic carbocycles. The molecule has 3 aliphatic heterocycles. The molecule has 0 amide bonds. The summed E-state index contributed by atoms with van der Waals surface area (Å²) in [6.07, 6.45) is 1.87. The molecule has 3 aromatic rings. The molecule has 18 atom stereocenters. The second-order valence-electron chi connectivity index (χ2n) is 25.0. The Balaban J connectivity index is 1.22. The molecule has 5 N–H and O–H groups in total. The van der Waals surface area contributed by atoms with E-state index in [-0.39, 0.29) is 37.3 Å². The first kappa shape index (κ1) is 64.3. The number of esters is 1. The van der Waals surface area contributed by atoms with Gasteiger partial charge in [-0.15, -0.1) is 0 Å². The second-order valence-corrected chi connectivity index (χ2v) is 29.1. The molecule has 0 radical (unpaired) electrons. The molecule has 13 nitrogen and oxygen atoms in total. The Labute approximate surface area is 470 Å². The third-order valence-corrected chi connectivity index (χ3v) is 23.7. The average molecular weight is 1110 g/mol. The van der Waals surface area contributed by atoms with E-state index in [2.05, 4.69) is 103 Å². The SMILES string of the molecule is CC[C@H]1OC(=O)[C@H](C)C([C@H]2C[C@@](C)(OC)[C@@H](O)[C@H](C)O2)[C@H](C)[C@@H](O[C@@H]2O[C@H](C)C[C@H](N(C)C)[C@H]2O)[C@](C)(O)C[C@@H](C)CN(CCCCCCCCC[PH](c2ccccc2)(c2ccccc2)c2ccccc2)[C@H](C)[C@@H](O)[C@]1(C)O. The summed E-state index contributed by atoms with van der Waals surface area (Å²) in [5.41, 5.74) is -4.41. The van der Waals surface area contributed by atoms with Crippen LogP contribution >= 0.6 is 7.26 Å². The number of hydrogen-bond acceptors (Lipinski definition) is 13. The van der Waals surface area contributed by atoms with E-state index in [4.69, 9.17) is 23.7 Å². The van der Waals surface area contributed by atoms with Crippen molar-refractivity contribution in [1.82, 2.24) is 9.80 Å². The number of aliphatic hydroxyl groups is 5. The Kier molecular flexibility index (Phi) is 23.4. The van der Waals surface area contributed by atoms with Crippen LogP contribution in [0.4, 0.5) is 0 Å². The van der Waals surface area contributed by atoms with Gasteiger partial charge in [0.05, 0.1) is 41.5 Å². The molecule has 3 aliphatic rings. The summed E-state index contributed by atoms with van der Waals surface area (Å²) in [6.45, 7) is 19.6. The number of rotatable bonds is 19. The summed E-state index contributed by atoms with van der Waals surface area (Å²) in [6, 6.07) is 32.6. The first-order valence-corrected chi connectivity index (χ1v) is 31.9. The number of cyclic esters (lactones) is 1. The Morgan fingerprint density at radius 3 is 1.77 bits per heavy atom. The van der Waals surface area contributed by atoms with Crippen molar-refractivity contribution >= 4 is 29.1 Å². The monoisotopic (exact) mass is 1110 g/mol. The predicted molar refractivity (Wildman–Crippen MR) is 315 cm³/mol. The van der Waals surface area contributed by atoms with Crippen molar-refractivity contribution in [2.24, 2.45) is 23.7 Å². The maximum atomic E-state index is 14.8. The predicted octanol–water partition coefficient (Wildman–Crippen LogP) is 8.00. The fraction of sp³-hybridized carbons (Fsp3) is 0.703. The first-order valence-electron chi connectivity index (χ1n) is 29.7. The summed E-state index contributed by atoms with van der Waals surface area (Å²) in [4.78, 5) is 19.0. The Hall–Kier alpha value is -2.88. The Bertz CT molecular complexity index is 2150. The molecule has 14 heteroatoms. The standard InChI is InChI=1S/C64H103N2O11P/c1-14-54-64(10,72)57(68)47(6)66(37-29-18-16-15-17-19-30-38-78(49-31-23-20-24-32-49,50-33-25-21-26-34-50)51-35-27-22-28-36-51)42-43(2)40-62(8,71)59(77-61-56(67)52(65(11)12)39-44(3)74-61)45(4)55(46(5)60(70)76-54)53-41-63(9,73-13)58(69)48(7)75-53/h20-28,31-36,43-48,52-59,61,67-69,71-72,78H,14-19,29-30,37-42H2,1-13H3/t43-,44-,45+,46-,47-,48+,52+,53-,54-,55?,56-,57-,58+,59-,61+,62-,63-,64-/m1/s1. The van der Waals surface area contributed by atoms with E-state index < -0.39 is 103 Å². The zero-order chi connectivity index (χ0) is 57.2. The number of benzene rings is 3. The number of nitrogens with zero attached hydrogens (tertiary/aromatic N) is 2. The summed E-state index contributed by atoms with van der Waals surface area (Å²) < 4.78 is 32.4. The molecule has 0 saturated carbocycles. The minimum atomic E-state index is -2.28. The topological polar surface area (TPSA) is 171 Å². The second kappa shape index (κ2) is 28.4. The van der Waals surface area contributed by atoms with Gasteiger partial charge in [-0.1, -0.05) is 27.7 Å². The van der Waals surface area contributed by atoms with Crippen molar-refractivity contribution in [3.8, 4) is 0 Å². The van der Waals surface area contributed by atoms with Gasteiger partial charge in [0.25, 0.3) is 0 Å². The van der Waals surface area contributed by atoms with E-state index in [0.717, 1.165) is 51.1 Å². The number of hydrogen-bond donors (Lipinski definition) is 5. The third kappa shape index (κ3) is 15.0. The molecule has 0 aromatic heterocycles. The molecule has 3 aromatic carbocycles. The van der Waals surface area contributed by atoms with Gasteiger partial charge in [0.15, 0.2) is 6.29 Å². The normalized spacial score (nSPS) is 37.3. The fourth-order valence-corrected chi connectivity index (χ4v) is 19.1. The summed E-state index contributed by atoms with van der Waals surface area (Å²) >= 11 is 0. The number of aliphatic hydroxyl groups excluding tert-OH is 3. The van der Waals surface area contributed by atoms with Crippen molar-refractivity contribution in [3.63, 3.8) is 0 Å². The van der Waals surface area contributed by atoms with E-state index in [9.17, 15) is 30.3 Å². The third-order valence-electron chi connectivity index (χ3n) is 18.7. The first-order chi connectivity index (χ1) is 36.9. The molecule has 0 spiro atoms. The molecule has 3 saturated heterocycles. The summed E-state index contributed by atoms with van der Waals surface area (Å²) in [7, 11) is 3.12. The number of unbranched alkanes of at least 4 members (excludes halogenated alkanes) is 6. The van der Waals surface area contributed by atoms with E-state index >= 15 is 0 Å². The van der Waals surface area contributed by atoms with Gasteiger partial charge < -0.3 is 54.1 Å². The molecular formula is C64H103N2O11P. The van der Waals surface area contributed by atoms with Crippen LogP contribution < -0.4 is 15.9 Å². The van der Waals surface area contributed by atoms with Gasteiger partial charge in [0.1, 0.15) is 23.9 Å². The Morgan fingerprint density at radius 1 is 0.731 bits per heavy atom. The van der Waals surface area contributed by atoms with E-state index in [0.29, 0.717) is 19.5 Å². The van der Waals surface area contributed by atoms with E-state index in [1.807, 2.05) is 53.6 Å². The van der Waals surface area contributed by atoms with Crippen LogP contribution in [0, 0.1) is 23.7 Å². The molecule has 440 valence electrons. The molecule has 0 bridgehead atoms. The molecule has 1 unspecified atom stereocenters. The number of likely N-dealkylation sites (N-methyl/N-ethyl adjacent to an activating group) is 1. The van der Waals surface area contributed by atoms with Crippen molar-refractivity contribution in [2.75, 3.05) is 40.5 Å². The molecule has 78 heavy (non-hydrogen) atoms. The smallest absolute Gasteiger partial charge is 0.388 e. The van der Waals surface area contributed by atoms with Crippen LogP contribution in [0.15, 0.2) is 91.0 Å². The number of carbonyl (C=O) groups is 1. The minimum absolute atomic E-state index is 0.152. The van der Waals surface area contributed by atoms with Gasteiger partial charge in [-0.2, -0.15) is 0 Å². The van der Waals surface area contributed by atoms with Gasteiger partial charge >= 0.3 is 214 Å². The van der Waals surface area contributed by atoms with Gasteiger partial charge in [0.2, 0.25) is 0 Å². The molecule has 6 rings (SSSR count). The van der Waals surface area contributed by atoms with Crippen LogP contribution in [0.3, 0.4) is 0 Å². The zero-order valence-corrected chi connectivity index (χ0v) is 50.8. The van der Waals surface area contributed by atoms with Crippen LogP contribution in [0.5, 0.6) is 0 Å². The van der Waals surface area contributed by atoms with Gasteiger partial charge in [-0.05, 0) is 73.9 Å². The zero-order valence-electron chi connectivity index (χ0n) is 49.8. The van der Waals surface area contributed by atoms with Gasteiger partial charge in [-0.3, -0.25) is 4.79 Å². The molecule has 3 fully saturated rings. The van der Waals surface area contributed by atoms with E-state index in [1.165, 1.54) is 15.9 Å². The van der Waals surface area contributed by atoms with Crippen LogP contribution in [-0.4, -0.2) is 166 Å². The van der Waals surface area contributed by atoms with E-state index in [1.54, 1.807) is 34.8 Å². The van der Waals surface area contributed by atoms with Crippen LogP contribution in [0.1, 0.15) is 140 Å².